The quantitative estimate of drug-likeness (QED) is 0.705. The minimum atomic E-state index is -1.35. The molecule has 6 rings (SSSR count). The van der Waals surface area contributed by atoms with Crippen LogP contribution in [0.5, 0.6) is 5.75 Å². The van der Waals surface area contributed by atoms with Crippen LogP contribution in [0.3, 0.4) is 0 Å². The van der Waals surface area contributed by atoms with E-state index in [2.05, 4.69) is 5.32 Å². The summed E-state index contributed by atoms with van der Waals surface area (Å²) in [5.74, 6) is -4.26. The predicted molar refractivity (Wildman–Crippen MR) is 103 cm³/mol. The number of halogens is 3. The van der Waals surface area contributed by atoms with Gasteiger partial charge >= 0.3 is 0 Å². The van der Waals surface area contributed by atoms with Crippen molar-refractivity contribution in [2.45, 2.75) is 38.0 Å². The highest BCUT2D eigenvalue weighted by molar-refractivity contribution is 5.99. The smallest absolute Gasteiger partial charge is 0.275 e. The van der Waals surface area contributed by atoms with E-state index in [1.54, 1.807) is 4.90 Å². The van der Waals surface area contributed by atoms with Gasteiger partial charge in [-0.3, -0.25) is 14.4 Å². The van der Waals surface area contributed by atoms with Crippen LogP contribution in [0.4, 0.5) is 13.2 Å². The summed E-state index contributed by atoms with van der Waals surface area (Å²) in [5.41, 5.74) is -1.85. The number of nitrogens with zero attached hydrogens (tertiary/aromatic N) is 2. The second kappa shape index (κ2) is 6.36. The molecule has 10 heteroatoms. The molecular formula is C22H18F3N3O4. The SMILES string of the molecule is O=C(NCc1cc(F)c(F)cc1F)c1cn2c(c(O)c1=O)C(=O)N1[C@@H](C2)C2C[C@H]1[C@H]1C[C@@H]21. The number of aromatic hydroxyl groups is 1. The van der Waals surface area contributed by atoms with Crippen LogP contribution in [0, 0.1) is 35.2 Å². The van der Waals surface area contributed by atoms with Gasteiger partial charge in [0, 0.05) is 37.0 Å². The van der Waals surface area contributed by atoms with Gasteiger partial charge in [-0.25, -0.2) is 13.2 Å². The fraction of sp³-hybridized carbons (Fsp3) is 0.409. The number of fused-ring (bicyclic) bond motifs is 9. The van der Waals surface area contributed by atoms with Crippen molar-refractivity contribution in [1.82, 2.24) is 14.8 Å². The van der Waals surface area contributed by atoms with Crippen LogP contribution >= 0.6 is 0 Å². The molecular weight excluding hydrogens is 427 g/mol. The largest absolute Gasteiger partial charge is 0.503 e. The number of pyridine rings is 1. The summed E-state index contributed by atoms with van der Waals surface area (Å²) in [5, 5.41) is 12.8. The number of hydrogen-bond donors (Lipinski definition) is 2. The first-order chi connectivity index (χ1) is 15.3. The molecule has 2 aliphatic carbocycles. The van der Waals surface area contributed by atoms with E-state index in [0.29, 0.717) is 36.4 Å². The lowest BCUT2D eigenvalue weighted by Crippen LogP contribution is -2.53. The highest BCUT2D eigenvalue weighted by atomic mass is 19.2. The summed E-state index contributed by atoms with van der Waals surface area (Å²) in [6.07, 6.45) is 3.27. The van der Waals surface area contributed by atoms with E-state index >= 15 is 0 Å². The number of amides is 2. The summed E-state index contributed by atoms with van der Waals surface area (Å²) in [4.78, 5) is 40.2. The standard InChI is InChI=1S/C22H18F3N3O4/c23-13-4-15(25)14(24)1-8(13)5-26-21(31)12-6-27-7-17-11-3-16(10-2-9(10)11)28(17)22(32)18(27)20(30)19(12)29/h1,4,6,9-11,16-17,30H,2-3,5,7H2,(H,26,31)/t9-,10+,11?,16+,17+/m1/s1. The molecule has 3 fully saturated rings. The van der Waals surface area contributed by atoms with Gasteiger partial charge in [-0.1, -0.05) is 0 Å². The second-order valence-electron chi connectivity index (χ2n) is 9.07. The summed E-state index contributed by atoms with van der Waals surface area (Å²) < 4.78 is 41.7. The molecule has 1 unspecified atom stereocenters. The maximum atomic E-state index is 13.8. The second-order valence-corrected chi connectivity index (χ2v) is 9.07. The van der Waals surface area contributed by atoms with Gasteiger partial charge < -0.3 is 19.9 Å². The van der Waals surface area contributed by atoms with Crippen molar-refractivity contribution < 1.29 is 27.9 Å². The van der Waals surface area contributed by atoms with Gasteiger partial charge in [0.25, 0.3) is 11.8 Å². The lowest BCUT2D eigenvalue weighted by atomic mass is 9.94. The van der Waals surface area contributed by atoms with Crippen LogP contribution in [-0.4, -0.2) is 38.5 Å². The minimum Gasteiger partial charge on any atom is -0.503 e. The van der Waals surface area contributed by atoms with Crippen molar-refractivity contribution in [1.29, 1.82) is 0 Å². The first kappa shape index (κ1) is 19.4. The van der Waals surface area contributed by atoms with E-state index in [1.165, 1.54) is 10.8 Å². The van der Waals surface area contributed by atoms with E-state index in [0.717, 1.165) is 12.8 Å². The van der Waals surface area contributed by atoms with Crippen LogP contribution in [-0.2, 0) is 13.1 Å². The Morgan fingerprint density at radius 3 is 2.53 bits per heavy atom. The Morgan fingerprint density at radius 1 is 1.03 bits per heavy atom. The fourth-order valence-electron chi connectivity index (χ4n) is 6.01. The number of hydrogen-bond acceptors (Lipinski definition) is 4. The molecule has 1 saturated heterocycles. The highest BCUT2D eigenvalue weighted by Crippen LogP contribution is 2.64. The lowest BCUT2D eigenvalue weighted by molar-refractivity contribution is 0.0465. The number of benzene rings is 1. The molecule has 1 aromatic carbocycles. The third-order valence-corrected chi connectivity index (χ3v) is 7.51. The van der Waals surface area contributed by atoms with Crippen molar-refractivity contribution >= 4 is 11.8 Å². The van der Waals surface area contributed by atoms with Crippen LogP contribution in [0.2, 0.25) is 0 Å². The predicted octanol–water partition coefficient (Wildman–Crippen LogP) is 1.76. The Morgan fingerprint density at radius 2 is 1.75 bits per heavy atom. The van der Waals surface area contributed by atoms with Gasteiger partial charge in [-0.15, -0.1) is 0 Å². The number of piperidine rings is 1. The summed E-state index contributed by atoms with van der Waals surface area (Å²) in [7, 11) is 0. The van der Waals surface area contributed by atoms with Crippen molar-refractivity contribution in [2.24, 2.45) is 17.8 Å². The van der Waals surface area contributed by atoms with Crippen LogP contribution in [0.1, 0.15) is 39.3 Å². The van der Waals surface area contributed by atoms with Crippen molar-refractivity contribution in [3.63, 3.8) is 0 Å². The molecule has 2 bridgehead atoms. The molecule has 7 nitrogen and oxygen atoms in total. The van der Waals surface area contributed by atoms with E-state index in [4.69, 9.17) is 0 Å². The molecule has 32 heavy (non-hydrogen) atoms. The molecule has 166 valence electrons. The summed E-state index contributed by atoms with van der Waals surface area (Å²) >= 11 is 0. The molecule has 4 aliphatic rings. The molecule has 3 heterocycles. The molecule has 2 aromatic rings. The molecule has 1 aromatic heterocycles. The van der Waals surface area contributed by atoms with Crippen molar-refractivity contribution in [2.75, 3.05) is 0 Å². The molecule has 5 atom stereocenters. The van der Waals surface area contributed by atoms with E-state index in [9.17, 15) is 32.7 Å². The van der Waals surface area contributed by atoms with Gasteiger partial charge in [-0.05, 0) is 36.7 Å². The van der Waals surface area contributed by atoms with Gasteiger partial charge in [0.2, 0.25) is 5.43 Å². The van der Waals surface area contributed by atoms with Gasteiger partial charge in [0.05, 0.1) is 6.04 Å². The van der Waals surface area contributed by atoms with E-state index in [-0.39, 0.29) is 23.3 Å². The Balaban J connectivity index is 1.30. The molecule has 0 spiro atoms. The first-order valence-corrected chi connectivity index (χ1v) is 10.5. The van der Waals surface area contributed by atoms with E-state index < -0.39 is 52.6 Å². The average molecular weight is 445 g/mol. The third-order valence-electron chi connectivity index (χ3n) is 7.51. The van der Waals surface area contributed by atoms with Crippen LogP contribution in [0.15, 0.2) is 23.1 Å². The Labute approximate surface area is 179 Å². The maximum absolute atomic E-state index is 13.8. The summed E-state index contributed by atoms with van der Waals surface area (Å²) in [6, 6.07) is 1.11. The van der Waals surface area contributed by atoms with Gasteiger partial charge in [0.15, 0.2) is 23.1 Å². The lowest BCUT2D eigenvalue weighted by Gasteiger charge is -2.40. The highest BCUT2D eigenvalue weighted by Gasteiger charge is 2.66. The monoisotopic (exact) mass is 445 g/mol. The number of rotatable bonds is 3. The summed E-state index contributed by atoms with van der Waals surface area (Å²) in [6.45, 7) is -0.122. The van der Waals surface area contributed by atoms with Gasteiger partial charge in [0.1, 0.15) is 11.4 Å². The average Bonchev–Trinajstić information content (AvgIpc) is 3.37. The molecule has 2 amide bonds. The van der Waals surface area contributed by atoms with Crippen molar-refractivity contribution in [3.8, 4) is 5.75 Å². The first-order valence-electron chi connectivity index (χ1n) is 10.5. The third kappa shape index (κ3) is 2.52. The Kier molecular flexibility index (Phi) is 3.86. The zero-order chi connectivity index (χ0) is 22.5. The molecule has 0 radical (unpaired) electrons. The zero-order valence-corrected chi connectivity index (χ0v) is 16.6. The van der Waals surface area contributed by atoms with Crippen LogP contribution < -0.4 is 10.7 Å². The van der Waals surface area contributed by atoms with Crippen LogP contribution in [0.25, 0.3) is 0 Å². The zero-order valence-electron chi connectivity index (χ0n) is 16.6. The minimum absolute atomic E-state index is 0.0298. The topological polar surface area (TPSA) is 91.6 Å². The normalized spacial score (nSPS) is 28.9. The van der Waals surface area contributed by atoms with Crippen molar-refractivity contribution in [3.05, 3.63) is 62.8 Å². The van der Waals surface area contributed by atoms with E-state index in [1.807, 2.05) is 0 Å². The Hall–Kier alpha value is -3.30. The maximum Gasteiger partial charge on any atom is 0.275 e. The molecule has 2 N–H and O–H groups in total. The number of aromatic nitrogens is 1. The molecule has 2 aliphatic heterocycles. The Bertz CT molecular complexity index is 1280. The number of carbonyl (C=O) groups excluding carboxylic acids is 2. The number of nitrogens with one attached hydrogen (secondary N) is 1. The number of carbonyl (C=O) groups is 2. The molecule has 2 saturated carbocycles. The van der Waals surface area contributed by atoms with Gasteiger partial charge in [-0.2, -0.15) is 0 Å². The fourth-order valence-corrected chi connectivity index (χ4v) is 6.01.